The van der Waals surface area contributed by atoms with Crippen molar-refractivity contribution < 1.29 is 9.90 Å². The summed E-state index contributed by atoms with van der Waals surface area (Å²) in [5.41, 5.74) is -0.205. The van der Waals surface area contributed by atoms with E-state index in [4.69, 9.17) is 0 Å². The van der Waals surface area contributed by atoms with Crippen LogP contribution in [-0.2, 0) is 4.79 Å². The van der Waals surface area contributed by atoms with Gasteiger partial charge in [-0.1, -0.05) is 27.2 Å². The van der Waals surface area contributed by atoms with Crippen LogP contribution in [0.15, 0.2) is 0 Å². The molecule has 6 atom stereocenters. The SMILES string of the molecule is CC(C)[C@H]1CC[C@@H]2[C@H](CC[C@@H]3[C@]2(C)CCC[C@@]3(C)C(=O)O)C1. The monoisotopic (exact) mass is 306 g/mol. The highest BCUT2D eigenvalue weighted by atomic mass is 16.4. The summed E-state index contributed by atoms with van der Waals surface area (Å²) in [5.74, 6) is 3.19. The molecule has 0 aromatic rings. The van der Waals surface area contributed by atoms with Crippen molar-refractivity contribution in [2.75, 3.05) is 0 Å². The molecule has 22 heavy (non-hydrogen) atoms. The molecule has 3 fully saturated rings. The standard InChI is InChI=1S/C20H34O2/c1-13(2)14-6-8-16-15(12-14)7-9-17-19(16,3)10-5-11-20(17,4)18(21)22/h13-17H,5-12H2,1-4H3,(H,21,22)/t14-,15+,16+,17+,19+,20+/m0/s1. The summed E-state index contributed by atoms with van der Waals surface area (Å²) < 4.78 is 0. The molecule has 0 unspecified atom stereocenters. The molecule has 0 aliphatic heterocycles. The Labute approximate surface area is 136 Å². The second-order valence-corrected chi connectivity index (χ2v) is 9.40. The van der Waals surface area contributed by atoms with Gasteiger partial charge < -0.3 is 5.11 Å². The third kappa shape index (κ3) is 2.32. The minimum atomic E-state index is -0.544. The van der Waals surface area contributed by atoms with Crippen molar-refractivity contribution in [3.05, 3.63) is 0 Å². The molecule has 0 heterocycles. The second-order valence-electron chi connectivity index (χ2n) is 9.40. The highest BCUT2D eigenvalue weighted by Crippen LogP contribution is 2.64. The van der Waals surface area contributed by atoms with Crippen LogP contribution >= 0.6 is 0 Å². The lowest BCUT2D eigenvalue weighted by Crippen LogP contribution is -2.56. The van der Waals surface area contributed by atoms with Gasteiger partial charge in [0.1, 0.15) is 0 Å². The van der Waals surface area contributed by atoms with Crippen molar-refractivity contribution in [3.63, 3.8) is 0 Å². The van der Waals surface area contributed by atoms with Crippen LogP contribution in [-0.4, -0.2) is 11.1 Å². The zero-order valence-electron chi connectivity index (χ0n) is 14.9. The molecular formula is C20H34O2. The molecule has 3 saturated carbocycles. The number of rotatable bonds is 2. The lowest BCUT2D eigenvalue weighted by Gasteiger charge is -2.60. The average molecular weight is 306 g/mol. The van der Waals surface area contributed by atoms with Gasteiger partial charge in [0.2, 0.25) is 0 Å². The van der Waals surface area contributed by atoms with Gasteiger partial charge in [-0.05, 0) is 86.9 Å². The van der Waals surface area contributed by atoms with Gasteiger partial charge in [0, 0.05) is 0 Å². The van der Waals surface area contributed by atoms with Crippen molar-refractivity contribution >= 4 is 5.97 Å². The summed E-state index contributed by atoms with van der Waals surface area (Å²) in [6, 6.07) is 0. The summed E-state index contributed by atoms with van der Waals surface area (Å²) in [4.78, 5) is 12.0. The van der Waals surface area contributed by atoms with Gasteiger partial charge in [-0.15, -0.1) is 0 Å². The number of carboxylic acid groups (broad SMARTS) is 1. The maximum atomic E-state index is 12.0. The van der Waals surface area contributed by atoms with Crippen molar-refractivity contribution in [3.8, 4) is 0 Å². The maximum Gasteiger partial charge on any atom is 0.309 e. The molecule has 3 rings (SSSR count). The summed E-state index contributed by atoms with van der Waals surface area (Å²) >= 11 is 0. The van der Waals surface area contributed by atoms with E-state index >= 15 is 0 Å². The molecule has 0 aromatic heterocycles. The van der Waals surface area contributed by atoms with Gasteiger partial charge in [0.25, 0.3) is 0 Å². The molecule has 2 heteroatoms. The van der Waals surface area contributed by atoms with Crippen LogP contribution in [0.3, 0.4) is 0 Å². The quantitative estimate of drug-likeness (QED) is 0.745. The van der Waals surface area contributed by atoms with E-state index in [1.807, 2.05) is 6.92 Å². The number of carbonyl (C=O) groups is 1. The average Bonchev–Trinajstić information content (AvgIpc) is 2.46. The normalized spacial score (nSPS) is 48.6. The Morgan fingerprint density at radius 1 is 1.09 bits per heavy atom. The van der Waals surface area contributed by atoms with Gasteiger partial charge in [-0.25, -0.2) is 0 Å². The molecule has 0 bridgehead atoms. The van der Waals surface area contributed by atoms with Crippen LogP contribution in [0.2, 0.25) is 0 Å². The van der Waals surface area contributed by atoms with E-state index in [1.54, 1.807) is 0 Å². The lowest BCUT2D eigenvalue weighted by molar-refractivity contribution is -0.173. The fourth-order valence-electron chi connectivity index (χ4n) is 6.73. The molecule has 126 valence electrons. The highest BCUT2D eigenvalue weighted by molar-refractivity contribution is 5.75. The first-order chi connectivity index (χ1) is 10.3. The first-order valence-electron chi connectivity index (χ1n) is 9.52. The third-order valence-electron chi connectivity index (χ3n) is 8.10. The van der Waals surface area contributed by atoms with E-state index in [0.717, 1.165) is 42.9 Å². The van der Waals surface area contributed by atoms with Gasteiger partial charge in [-0.3, -0.25) is 4.79 Å². The van der Waals surface area contributed by atoms with Gasteiger partial charge >= 0.3 is 5.97 Å². The lowest BCUT2D eigenvalue weighted by atomic mass is 9.43. The molecule has 3 aliphatic carbocycles. The first kappa shape index (κ1) is 16.3. The van der Waals surface area contributed by atoms with E-state index in [0.29, 0.717) is 5.92 Å². The number of hydrogen-bond acceptors (Lipinski definition) is 1. The van der Waals surface area contributed by atoms with Crippen LogP contribution in [0.5, 0.6) is 0 Å². The Bertz CT molecular complexity index is 443. The van der Waals surface area contributed by atoms with Crippen LogP contribution in [0, 0.1) is 40.4 Å². The van der Waals surface area contributed by atoms with Crippen molar-refractivity contribution in [1.82, 2.24) is 0 Å². The molecule has 0 amide bonds. The predicted molar refractivity (Wildman–Crippen MR) is 89.6 cm³/mol. The zero-order valence-corrected chi connectivity index (χ0v) is 14.9. The van der Waals surface area contributed by atoms with E-state index in [9.17, 15) is 9.90 Å². The largest absolute Gasteiger partial charge is 0.481 e. The van der Waals surface area contributed by atoms with Gasteiger partial charge in [0.15, 0.2) is 0 Å². The van der Waals surface area contributed by atoms with Crippen molar-refractivity contribution in [2.24, 2.45) is 40.4 Å². The maximum absolute atomic E-state index is 12.0. The smallest absolute Gasteiger partial charge is 0.309 e. The molecule has 0 saturated heterocycles. The Morgan fingerprint density at radius 3 is 2.45 bits per heavy atom. The molecule has 0 aromatic carbocycles. The van der Waals surface area contributed by atoms with E-state index in [-0.39, 0.29) is 5.41 Å². The van der Waals surface area contributed by atoms with E-state index < -0.39 is 11.4 Å². The van der Waals surface area contributed by atoms with E-state index in [2.05, 4.69) is 20.8 Å². The van der Waals surface area contributed by atoms with Gasteiger partial charge in [-0.2, -0.15) is 0 Å². The minimum absolute atomic E-state index is 0.274. The Kier molecular flexibility index (Phi) is 4.10. The number of aliphatic carboxylic acids is 1. The Hall–Kier alpha value is -0.530. The summed E-state index contributed by atoms with van der Waals surface area (Å²) in [7, 11) is 0. The molecule has 3 aliphatic rings. The van der Waals surface area contributed by atoms with E-state index in [1.165, 1.54) is 32.1 Å². The predicted octanol–water partition coefficient (Wildman–Crippen LogP) is 5.37. The van der Waals surface area contributed by atoms with Crippen molar-refractivity contribution in [1.29, 1.82) is 0 Å². The number of hydrogen-bond donors (Lipinski definition) is 1. The fraction of sp³-hybridized carbons (Fsp3) is 0.950. The molecule has 2 nitrogen and oxygen atoms in total. The number of carboxylic acids is 1. The fourth-order valence-corrected chi connectivity index (χ4v) is 6.73. The highest BCUT2D eigenvalue weighted by Gasteiger charge is 2.59. The molecule has 1 N–H and O–H groups in total. The number of fused-ring (bicyclic) bond motifs is 3. The zero-order chi connectivity index (χ0) is 16.1. The molecular weight excluding hydrogens is 272 g/mol. The third-order valence-corrected chi connectivity index (χ3v) is 8.10. The molecule has 0 spiro atoms. The summed E-state index contributed by atoms with van der Waals surface area (Å²) in [6.07, 6.45) is 9.77. The first-order valence-corrected chi connectivity index (χ1v) is 9.52. The Morgan fingerprint density at radius 2 is 1.82 bits per heavy atom. The molecule has 0 radical (unpaired) electrons. The minimum Gasteiger partial charge on any atom is -0.481 e. The Balaban J connectivity index is 1.86. The second kappa shape index (κ2) is 5.53. The van der Waals surface area contributed by atoms with Crippen LogP contribution in [0.1, 0.15) is 79.1 Å². The van der Waals surface area contributed by atoms with Crippen LogP contribution in [0.25, 0.3) is 0 Å². The summed E-state index contributed by atoms with van der Waals surface area (Å²) in [6.45, 7) is 9.24. The summed E-state index contributed by atoms with van der Waals surface area (Å²) in [5, 5.41) is 9.86. The topological polar surface area (TPSA) is 37.3 Å². The van der Waals surface area contributed by atoms with Gasteiger partial charge in [0.05, 0.1) is 5.41 Å². The van der Waals surface area contributed by atoms with Crippen LogP contribution < -0.4 is 0 Å². The van der Waals surface area contributed by atoms with Crippen LogP contribution in [0.4, 0.5) is 0 Å². The van der Waals surface area contributed by atoms with Crippen molar-refractivity contribution in [2.45, 2.75) is 79.1 Å².